The largest absolute Gasteiger partial charge is 0.478 e. The Labute approximate surface area is 66.1 Å². The van der Waals surface area contributed by atoms with E-state index in [0.717, 1.165) is 19.4 Å². The highest BCUT2D eigenvalue weighted by Gasteiger charge is 2.17. The average Bonchev–Trinajstić information content (AvgIpc) is 2.39. The van der Waals surface area contributed by atoms with E-state index in [-0.39, 0.29) is 0 Å². The Bertz CT molecular complexity index is 171. The van der Waals surface area contributed by atoms with Crippen molar-refractivity contribution in [1.82, 2.24) is 5.32 Å². The van der Waals surface area contributed by atoms with E-state index >= 15 is 0 Å². The topological polar surface area (TPSA) is 49.3 Å². The molecule has 0 bridgehead atoms. The van der Waals surface area contributed by atoms with Crippen LogP contribution in [-0.4, -0.2) is 23.7 Å². The zero-order chi connectivity index (χ0) is 8.27. The molecule has 3 nitrogen and oxygen atoms in total. The molecule has 0 radical (unpaired) electrons. The molecule has 2 N–H and O–H groups in total. The van der Waals surface area contributed by atoms with Crippen LogP contribution in [-0.2, 0) is 4.79 Å². The lowest BCUT2D eigenvalue weighted by molar-refractivity contribution is -0.132. The minimum absolute atomic E-state index is 0.310. The summed E-state index contributed by atoms with van der Waals surface area (Å²) in [5.74, 6) is -0.876. The van der Waals surface area contributed by atoms with E-state index in [2.05, 4.69) is 11.9 Å². The maximum absolute atomic E-state index is 10.4. The molecule has 3 heteroatoms. The molecule has 0 saturated carbocycles. The van der Waals surface area contributed by atoms with Crippen LogP contribution < -0.4 is 5.32 Å². The first-order valence-corrected chi connectivity index (χ1v) is 3.84. The van der Waals surface area contributed by atoms with E-state index in [4.69, 9.17) is 5.11 Å². The highest BCUT2D eigenvalue weighted by atomic mass is 16.4. The molecule has 0 amide bonds. The van der Waals surface area contributed by atoms with Gasteiger partial charge in [0.25, 0.3) is 0 Å². The number of rotatable bonds is 3. The molecule has 0 aromatic rings. The summed E-state index contributed by atoms with van der Waals surface area (Å²) in [6, 6.07) is 0.346. The minimum Gasteiger partial charge on any atom is -0.478 e. The number of carboxylic acids is 1. The van der Waals surface area contributed by atoms with Crippen LogP contribution in [0.3, 0.4) is 0 Å². The normalized spacial score (nSPS) is 23.5. The Hall–Kier alpha value is -0.830. The molecular formula is C8H13NO2. The number of hydrogen-bond acceptors (Lipinski definition) is 2. The number of hydrogen-bond donors (Lipinski definition) is 2. The SMILES string of the molecule is C=C(C[C@@H]1CCCN1)C(=O)O. The Morgan fingerprint density at radius 1 is 1.73 bits per heavy atom. The summed E-state index contributed by atoms with van der Waals surface area (Å²) in [6.07, 6.45) is 2.80. The first-order valence-electron chi connectivity index (χ1n) is 3.84. The van der Waals surface area contributed by atoms with Crippen molar-refractivity contribution in [1.29, 1.82) is 0 Å². The van der Waals surface area contributed by atoms with Crippen molar-refractivity contribution in [3.05, 3.63) is 12.2 Å². The maximum atomic E-state index is 10.4. The molecule has 0 aliphatic carbocycles. The smallest absolute Gasteiger partial charge is 0.331 e. The predicted molar refractivity (Wildman–Crippen MR) is 42.4 cm³/mol. The van der Waals surface area contributed by atoms with Crippen molar-refractivity contribution < 1.29 is 9.90 Å². The van der Waals surface area contributed by atoms with Crippen LogP contribution in [0.5, 0.6) is 0 Å². The number of nitrogens with one attached hydrogen (secondary N) is 1. The summed E-state index contributed by atoms with van der Waals surface area (Å²) in [6.45, 7) is 4.49. The van der Waals surface area contributed by atoms with Gasteiger partial charge in [-0.15, -0.1) is 0 Å². The second-order valence-electron chi connectivity index (χ2n) is 2.91. The molecule has 0 spiro atoms. The van der Waals surface area contributed by atoms with Gasteiger partial charge in [0.2, 0.25) is 0 Å². The van der Waals surface area contributed by atoms with Gasteiger partial charge in [-0.3, -0.25) is 0 Å². The number of aliphatic carboxylic acids is 1. The molecule has 1 aliphatic rings. The van der Waals surface area contributed by atoms with E-state index in [1.807, 2.05) is 0 Å². The van der Waals surface area contributed by atoms with Crippen LogP contribution in [0.1, 0.15) is 19.3 Å². The van der Waals surface area contributed by atoms with Gasteiger partial charge < -0.3 is 10.4 Å². The molecular weight excluding hydrogens is 142 g/mol. The van der Waals surface area contributed by atoms with E-state index in [0.29, 0.717) is 18.0 Å². The molecule has 1 atom stereocenters. The Morgan fingerprint density at radius 3 is 2.91 bits per heavy atom. The molecule has 1 saturated heterocycles. The Morgan fingerprint density at radius 2 is 2.45 bits per heavy atom. The zero-order valence-electron chi connectivity index (χ0n) is 6.47. The van der Waals surface area contributed by atoms with Crippen LogP contribution in [0.15, 0.2) is 12.2 Å². The summed E-state index contributed by atoms with van der Waals surface area (Å²) in [5, 5.41) is 11.7. The van der Waals surface area contributed by atoms with Crippen LogP contribution in [0, 0.1) is 0 Å². The van der Waals surface area contributed by atoms with Gasteiger partial charge in [0.05, 0.1) is 0 Å². The quantitative estimate of drug-likeness (QED) is 0.592. The van der Waals surface area contributed by atoms with Crippen LogP contribution in [0.4, 0.5) is 0 Å². The molecule has 1 aliphatic heterocycles. The maximum Gasteiger partial charge on any atom is 0.331 e. The van der Waals surface area contributed by atoms with Gasteiger partial charge in [-0.05, 0) is 25.8 Å². The van der Waals surface area contributed by atoms with Crippen molar-refractivity contribution >= 4 is 5.97 Å². The fourth-order valence-corrected chi connectivity index (χ4v) is 1.32. The fourth-order valence-electron chi connectivity index (χ4n) is 1.32. The highest BCUT2D eigenvalue weighted by molar-refractivity contribution is 5.85. The van der Waals surface area contributed by atoms with Crippen molar-refractivity contribution in [2.45, 2.75) is 25.3 Å². The molecule has 1 rings (SSSR count). The molecule has 11 heavy (non-hydrogen) atoms. The lowest BCUT2D eigenvalue weighted by Gasteiger charge is -2.08. The van der Waals surface area contributed by atoms with Crippen molar-refractivity contribution in [2.24, 2.45) is 0 Å². The number of carboxylic acid groups (broad SMARTS) is 1. The van der Waals surface area contributed by atoms with Crippen molar-refractivity contribution in [3.8, 4) is 0 Å². The summed E-state index contributed by atoms with van der Waals surface area (Å²) >= 11 is 0. The Balaban J connectivity index is 2.29. The monoisotopic (exact) mass is 155 g/mol. The van der Waals surface area contributed by atoms with Gasteiger partial charge in [0.1, 0.15) is 0 Å². The lowest BCUT2D eigenvalue weighted by Crippen LogP contribution is -2.23. The standard InChI is InChI=1S/C8H13NO2/c1-6(8(10)11)5-7-3-2-4-9-7/h7,9H,1-5H2,(H,10,11)/t7-/m0/s1. The van der Waals surface area contributed by atoms with Gasteiger partial charge in [-0.25, -0.2) is 4.79 Å². The summed E-state index contributed by atoms with van der Waals surface area (Å²) < 4.78 is 0. The summed E-state index contributed by atoms with van der Waals surface area (Å²) in [7, 11) is 0. The molecule has 1 fully saturated rings. The second kappa shape index (κ2) is 3.53. The molecule has 0 unspecified atom stereocenters. The van der Waals surface area contributed by atoms with Crippen LogP contribution >= 0.6 is 0 Å². The van der Waals surface area contributed by atoms with E-state index < -0.39 is 5.97 Å². The molecule has 62 valence electrons. The van der Waals surface area contributed by atoms with Gasteiger partial charge >= 0.3 is 5.97 Å². The molecule has 0 aromatic heterocycles. The number of carbonyl (C=O) groups is 1. The highest BCUT2D eigenvalue weighted by Crippen LogP contribution is 2.12. The molecule has 0 aromatic carbocycles. The predicted octanol–water partition coefficient (Wildman–Crippen LogP) is 0.769. The van der Waals surface area contributed by atoms with E-state index in [1.165, 1.54) is 0 Å². The molecule has 1 heterocycles. The first-order chi connectivity index (χ1) is 5.20. The summed E-state index contributed by atoms with van der Waals surface area (Å²) in [5.41, 5.74) is 0.310. The second-order valence-corrected chi connectivity index (χ2v) is 2.91. The third-order valence-corrected chi connectivity index (χ3v) is 1.96. The van der Waals surface area contributed by atoms with Crippen molar-refractivity contribution in [3.63, 3.8) is 0 Å². The van der Waals surface area contributed by atoms with E-state index in [1.54, 1.807) is 0 Å². The zero-order valence-corrected chi connectivity index (χ0v) is 6.47. The average molecular weight is 155 g/mol. The summed E-state index contributed by atoms with van der Waals surface area (Å²) in [4.78, 5) is 10.4. The van der Waals surface area contributed by atoms with E-state index in [9.17, 15) is 4.79 Å². The van der Waals surface area contributed by atoms with Gasteiger partial charge in [-0.2, -0.15) is 0 Å². The fraction of sp³-hybridized carbons (Fsp3) is 0.625. The van der Waals surface area contributed by atoms with Crippen LogP contribution in [0.2, 0.25) is 0 Å². The third-order valence-electron chi connectivity index (χ3n) is 1.96. The van der Waals surface area contributed by atoms with Gasteiger partial charge in [-0.1, -0.05) is 6.58 Å². The Kier molecular flexibility index (Phi) is 2.65. The third kappa shape index (κ3) is 2.35. The first kappa shape index (κ1) is 8.27. The minimum atomic E-state index is -0.876. The van der Waals surface area contributed by atoms with Gasteiger partial charge in [0, 0.05) is 11.6 Å². The van der Waals surface area contributed by atoms with Crippen LogP contribution in [0.25, 0.3) is 0 Å². The lowest BCUT2D eigenvalue weighted by atomic mass is 10.1. The van der Waals surface area contributed by atoms with Gasteiger partial charge in [0.15, 0.2) is 0 Å². The van der Waals surface area contributed by atoms with Crippen molar-refractivity contribution in [2.75, 3.05) is 6.54 Å².